The van der Waals surface area contributed by atoms with Gasteiger partial charge in [-0.25, -0.2) is 4.39 Å². The van der Waals surface area contributed by atoms with Gasteiger partial charge in [0.05, 0.1) is 35.4 Å². The maximum atomic E-state index is 14.6. The molecule has 0 atom stereocenters. The van der Waals surface area contributed by atoms with Crippen molar-refractivity contribution < 1.29 is 18.6 Å². The largest absolute Gasteiger partial charge is 0.490 e. The summed E-state index contributed by atoms with van der Waals surface area (Å²) < 4.78 is 25.0. The Labute approximate surface area is 149 Å². The third-order valence-corrected chi connectivity index (χ3v) is 4.05. The van der Waals surface area contributed by atoms with Crippen molar-refractivity contribution in [3.8, 4) is 28.1 Å². The van der Waals surface area contributed by atoms with E-state index in [1.807, 2.05) is 0 Å². The summed E-state index contributed by atoms with van der Waals surface area (Å²) in [5.74, 6) is -0.956. The number of hydrogen-bond acceptors (Lipinski definition) is 8. The molecule has 10 nitrogen and oxygen atoms in total. The van der Waals surface area contributed by atoms with Crippen LogP contribution in [0.1, 0.15) is 0 Å². The van der Waals surface area contributed by atoms with E-state index in [0.717, 1.165) is 6.07 Å². The predicted octanol–water partition coefficient (Wildman–Crippen LogP) is 2.92. The number of aromatic amines is 1. The standard InChI is InChI=1S/C16H11FN6O4/c1-26-12-2-8(10(17)3-11(12)23(24)25)14-13-15(27-22-16(13)18)9(6-19-14)7-4-20-21-5-7/h2-6H,1H3,(H2,18,22)(H,20,21). The maximum Gasteiger partial charge on any atom is 0.313 e. The van der Waals surface area contributed by atoms with Crippen LogP contribution in [0, 0.1) is 15.9 Å². The lowest BCUT2D eigenvalue weighted by Crippen LogP contribution is -1.98. The lowest BCUT2D eigenvalue weighted by atomic mass is 10.0. The molecule has 0 bridgehead atoms. The van der Waals surface area contributed by atoms with Crippen LogP contribution in [0.2, 0.25) is 0 Å². The van der Waals surface area contributed by atoms with E-state index in [2.05, 4.69) is 20.3 Å². The van der Waals surface area contributed by atoms with Gasteiger partial charge >= 0.3 is 5.69 Å². The molecule has 0 saturated carbocycles. The molecule has 0 fully saturated rings. The van der Waals surface area contributed by atoms with Crippen LogP contribution in [0.3, 0.4) is 0 Å². The second kappa shape index (κ2) is 6.05. The highest BCUT2D eigenvalue weighted by Crippen LogP contribution is 2.40. The average molecular weight is 370 g/mol. The van der Waals surface area contributed by atoms with Crippen molar-refractivity contribution in [2.24, 2.45) is 0 Å². The van der Waals surface area contributed by atoms with Gasteiger partial charge in [0.2, 0.25) is 0 Å². The van der Waals surface area contributed by atoms with Gasteiger partial charge in [-0.05, 0) is 6.07 Å². The van der Waals surface area contributed by atoms with Gasteiger partial charge in [0.25, 0.3) is 0 Å². The van der Waals surface area contributed by atoms with Gasteiger partial charge in [-0.15, -0.1) is 0 Å². The minimum Gasteiger partial charge on any atom is -0.490 e. The van der Waals surface area contributed by atoms with Crippen molar-refractivity contribution >= 4 is 22.5 Å². The number of halogens is 1. The van der Waals surface area contributed by atoms with Crippen LogP contribution in [0.25, 0.3) is 33.4 Å². The Morgan fingerprint density at radius 1 is 1.33 bits per heavy atom. The molecule has 0 unspecified atom stereocenters. The second-order valence-electron chi connectivity index (χ2n) is 5.54. The highest BCUT2D eigenvalue weighted by Gasteiger charge is 2.25. The number of nitro benzene ring substituents is 1. The lowest BCUT2D eigenvalue weighted by Gasteiger charge is -2.09. The number of pyridine rings is 1. The van der Waals surface area contributed by atoms with Crippen LogP contribution < -0.4 is 10.5 Å². The first-order valence-corrected chi connectivity index (χ1v) is 7.56. The number of nitrogens with one attached hydrogen (secondary N) is 1. The fraction of sp³-hybridized carbons (Fsp3) is 0.0625. The molecule has 4 rings (SSSR count). The van der Waals surface area contributed by atoms with Crippen LogP contribution in [-0.2, 0) is 0 Å². The Hall–Kier alpha value is -4.02. The zero-order chi connectivity index (χ0) is 19.1. The van der Waals surface area contributed by atoms with Gasteiger partial charge in [-0.3, -0.25) is 20.2 Å². The number of nitro groups is 1. The Morgan fingerprint density at radius 3 is 2.81 bits per heavy atom. The minimum atomic E-state index is -0.854. The predicted molar refractivity (Wildman–Crippen MR) is 92.4 cm³/mol. The number of fused-ring (bicyclic) bond motifs is 1. The molecule has 4 aromatic rings. The molecule has 0 radical (unpaired) electrons. The number of benzene rings is 1. The molecular formula is C16H11FN6O4. The van der Waals surface area contributed by atoms with Crippen LogP contribution >= 0.6 is 0 Å². The summed E-state index contributed by atoms with van der Waals surface area (Å²) in [5.41, 5.74) is 7.03. The molecule has 11 heteroatoms. The number of ether oxygens (including phenoxy) is 1. The fourth-order valence-corrected chi connectivity index (χ4v) is 2.81. The molecule has 3 aromatic heterocycles. The Bertz CT molecular complexity index is 1170. The first-order chi connectivity index (χ1) is 13.0. The van der Waals surface area contributed by atoms with Gasteiger partial charge in [-0.1, -0.05) is 5.16 Å². The number of H-pyrrole nitrogens is 1. The van der Waals surface area contributed by atoms with Crippen molar-refractivity contribution in [3.63, 3.8) is 0 Å². The number of anilines is 1. The summed E-state index contributed by atoms with van der Waals surface area (Å²) in [6.07, 6.45) is 4.65. The minimum absolute atomic E-state index is 0.00886. The van der Waals surface area contributed by atoms with Crippen molar-refractivity contribution in [2.75, 3.05) is 12.8 Å². The number of hydrogen-bond donors (Lipinski definition) is 2. The highest BCUT2D eigenvalue weighted by molar-refractivity contribution is 6.05. The third kappa shape index (κ3) is 2.52. The van der Waals surface area contributed by atoms with Crippen molar-refractivity contribution in [1.82, 2.24) is 20.3 Å². The zero-order valence-corrected chi connectivity index (χ0v) is 13.8. The third-order valence-electron chi connectivity index (χ3n) is 4.05. The highest BCUT2D eigenvalue weighted by atomic mass is 19.1. The number of aromatic nitrogens is 4. The monoisotopic (exact) mass is 370 g/mol. The summed E-state index contributed by atoms with van der Waals surface area (Å²) in [5, 5.41) is 21.6. The lowest BCUT2D eigenvalue weighted by molar-refractivity contribution is -0.385. The normalized spacial score (nSPS) is 11.0. The zero-order valence-electron chi connectivity index (χ0n) is 13.8. The topological polar surface area (TPSA) is 146 Å². The molecule has 27 heavy (non-hydrogen) atoms. The molecule has 3 heterocycles. The van der Waals surface area contributed by atoms with Gasteiger partial charge in [0.1, 0.15) is 5.82 Å². The average Bonchev–Trinajstić information content (AvgIpc) is 3.31. The van der Waals surface area contributed by atoms with Crippen LogP contribution in [-0.4, -0.2) is 32.4 Å². The van der Waals surface area contributed by atoms with Gasteiger partial charge in [-0.2, -0.15) is 5.10 Å². The number of nitrogens with two attached hydrogens (primary N) is 1. The molecule has 0 spiro atoms. The molecule has 1 aromatic carbocycles. The number of nitrogen functional groups attached to an aromatic ring is 1. The SMILES string of the molecule is COc1cc(-c2ncc(-c3cn[nH]c3)c3onc(N)c23)c(F)cc1[N+](=O)[O-]. The maximum absolute atomic E-state index is 14.6. The van der Waals surface area contributed by atoms with Crippen LogP contribution in [0.4, 0.5) is 15.9 Å². The van der Waals surface area contributed by atoms with E-state index in [0.29, 0.717) is 11.1 Å². The first kappa shape index (κ1) is 16.4. The van der Waals surface area contributed by atoms with E-state index in [-0.39, 0.29) is 33.8 Å². The second-order valence-corrected chi connectivity index (χ2v) is 5.54. The fourth-order valence-electron chi connectivity index (χ4n) is 2.81. The van der Waals surface area contributed by atoms with E-state index in [9.17, 15) is 14.5 Å². The van der Waals surface area contributed by atoms with Crippen molar-refractivity contribution in [2.45, 2.75) is 0 Å². The van der Waals surface area contributed by atoms with E-state index < -0.39 is 16.4 Å². The Kier molecular flexibility index (Phi) is 3.69. The quantitative estimate of drug-likeness (QED) is 0.412. The number of nitrogens with zero attached hydrogens (tertiary/aromatic N) is 4. The summed E-state index contributed by atoms with van der Waals surface area (Å²) in [6, 6.07) is 1.97. The smallest absolute Gasteiger partial charge is 0.313 e. The molecule has 0 aliphatic rings. The van der Waals surface area contributed by atoms with E-state index in [4.69, 9.17) is 15.0 Å². The summed E-state index contributed by atoms with van der Waals surface area (Å²) in [4.78, 5) is 14.6. The van der Waals surface area contributed by atoms with Gasteiger partial charge in [0, 0.05) is 29.1 Å². The van der Waals surface area contributed by atoms with Crippen LogP contribution in [0.15, 0.2) is 35.2 Å². The Balaban J connectivity index is 2.00. The van der Waals surface area contributed by atoms with Gasteiger partial charge in [0.15, 0.2) is 17.2 Å². The molecule has 0 amide bonds. The summed E-state index contributed by atoms with van der Waals surface area (Å²) >= 11 is 0. The van der Waals surface area contributed by atoms with E-state index >= 15 is 0 Å². The summed E-state index contributed by atoms with van der Waals surface area (Å²) in [7, 11) is 1.25. The van der Waals surface area contributed by atoms with Crippen molar-refractivity contribution in [3.05, 3.63) is 46.7 Å². The molecule has 0 aliphatic carbocycles. The van der Waals surface area contributed by atoms with Crippen molar-refractivity contribution in [1.29, 1.82) is 0 Å². The molecule has 0 aliphatic heterocycles. The van der Waals surface area contributed by atoms with E-state index in [1.54, 1.807) is 12.4 Å². The molecule has 0 saturated heterocycles. The molecule has 3 N–H and O–H groups in total. The molecular weight excluding hydrogens is 359 g/mol. The number of rotatable bonds is 4. The van der Waals surface area contributed by atoms with Gasteiger partial charge < -0.3 is 15.0 Å². The first-order valence-electron chi connectivity index (χ1n) is 7.56. The molecule has 136 valence electrons. The number of methoxy groups -OCH3 is 1. The van der Waals surface area contributed by atoms with Crippen LogP contribution in [0.5, 0.6) is 5.75 Å². The summed E-state index contributed by atoms with van der Waals surface area (Å²) in [6.45, 7) is 0. The van der Waals surface area contributed by atoms with E-state index in [1.165, 1.54) is 19.4 Å². The Morgan fingerprint density at radius 2 is 2.15 bits per heavy atom.